The number of carbonyl (C=O) groups excluding carboxylic acids is 10. The first-order chi connectivity index (χ1) is 49.1. The summed E-state index contributed by atoms with van der Waals surface area (Å²) in [5, 5.41) is 20.3. The normalized spacial score (nSPS) is 22.9. The number of nitrogens with two attached hydrogens (primary N) is 1. The molecule has 552 valence electrons. The third-order valence-corrected chi connectivity index (χ3v) is 18.8. The van der Waals surface area contributed by atoms with Crippen molar-refractivity contribution < 1.29 is 71.6 Å². The highest BCUT2D eigenvalue weighted by molar-refractivity contribution is 6.08. The molecule has 6 saturated heterocycles. The Hall–Kier alpha value is -9.76. The average molecular weight is 1420 g/mol. The smallest absolute Gasteiger partial charge is 0.410 e. The number of nitrogens with zero attached hydrogens (tertiary/aromatic N) is 5. The predicted octanol–water partition coefficient (Wildman–Crippen LogP) is 9.38. The zero-order chi connectivity index (χ0) is 74.6. The van der Waals surface area contributed by atoms with Gasteiger partial charge in [0.05, 0.1) is 25.9 Å². The predicted molar refractivity (Wildman–Crippen MR) is 391 cm³/mol. The number of rotatable bonds is 12. The van der Waals surface area contributed by atoms with Gasteiger partial charge < -0.3 is 70.7 Å². The van der Waals surface area contributed by atoms with E-state index in [9.17, 15) is 47.9 Å². The molecule has 6 aromatic rings. The van der Waals surface area contributed by atoms with Gasteiger partial charge in [0, 0.05) is 60.2 Å². The lowest BCUT2D eigenvalue weighted by Crippen LogP contribution is -2.56. The fourth-order valence-electron chi connectivity index (χ4n) is 13.2. The van der Waals surface area contributed by atoms with Crippen LogP contribution in [0.3, 0.4) is 0 Å². The highest BCUT2D eigenvalue weighted by atomic mass is 16.6. The molecular weight excluding hydrogens is 1320 g/mol. The second-order valence-corrected chi connectivity index (χ2v) is 28.2. The maximum Gasteiger partial charge on any atom is 0.410 e. The molecule has 0 saturated carbocycles. The summed E-state index contributed by atoms with van der Waals surface area (Å²) in [5.74, 6) is -2.72. The maximum absolute atomic E-state index is 13.6. The Morgan fingerprint density at radius 3 is 1.05 bits per heavy atom. The molecule has 103 heavy (non-hydrogen) atoms. The second-order valence-electron chi connectivity index (χ2n) is 28.2. The third kappa shape index (κ3) is 18.7. The Morgan fingerprint density at radius 1 is 0.437 bits per heavy atom. The van der Waals surface area contributed by atoms with Gasteiger partial charge in [0.15, 0.2) is 0 Å². The molecule has 0 aliphatic carbocycles. The van der Waals surface area contributed by atoms with Crippen LogP contribution in [0.25, 0.3) is 32.3 Å². The first-order valence-corrected chi connectivity index (χ1v) is 35.5. The van der Waals surface area contributed by atoms with Gasteiger partial charge in [-0.15, -0.1) is 0 Å². The van der Waals surface area contributed by atoms with Crippen LogP contribution in [0.2, 0.25) is 0 Å². The quantitative estimate of drug-likeness (QED) is 0.0664. The highest BCUT2D eigenvalue weighted by Gasteiger charge is 2.49. The summed E-state index contributed by atoms with van der Waals surface area (Å²) >= 11 is 0. The van der Waals surface area contributed by atoms with Crippen molar-refractivity contribution >= 4 is 109 Å². The summed E-state index contributed by atoms with van der Waals surface area (Å²) in [7, 11) is 2.95. The van der Waals surface area contributed by atoms with E-state index in [0.717, 1.165) is 38.0 Å². The second kappa shape index (κ2) is 34.0. The first kappa shape index (κ1) is 77.4. The fourth-order valence-corrected chi connectivity index (χ4v) is 13.2. The number of hydrogen-bond donors (Lipinski definition) is 6. The number of amides is 10. The number of carbonyl (C=O) groups is 10. The maximum atomic E-state index is 13.6. The lowest BCUT2D eigenvalue weighted by molar-refractivity contribution is -0.147. The van der Waals surface area contributed by atoms with Crippen LogP contribution in [-0.2, 0) is 62.0 Å². The lowest BCUT2D eigenvalue weighted by Gasteiger charge is -2.31. The molecular formula is C77H99N11O15. The summed E-state index contributed by atoms with van der Waals surface area (Å²) in [5.41, 5.74) is 6.60. The van der Waals surface area contributed by atoms with E-state index in [1.165, 1.54) is 38.6 Å². The third-order valence-electron chi connectivity index (χ3n) is 18.8. The molecule has 6 aliphatic rings. The number of fused-ring (bicyclic) bond motifs is 6. The van der Waals surface area contributed by atoms with Crippen LogP contribution in [0.1, 0.15) is 127 Å². The Kier molecular flexibility index (Phi) is 25.6. The van der Waals surface area contributed by atoms with E-state index >= 15 is 0 Å². The first-order valence-electron chi connectivity index (χ1n) is 35.5. The average Bonchev–Trinajstić information content (AvgIpc) is 1.68. The highest BCUT2D eigenvalue weighted by Crippen LogP contribution is 2.35. The zero-order valence-corrected chi connectivity index (χ0v) is 60.9. The lowest BCUT2D eigenvalue weighted by atomic mass is 10.1. The van der Waals surface area contributed by atoms with E-state index in [1.54, 1.807) is 55.4 Å². The van der Waals surface area contributed by atoms with Crippen molar-refractivity contribution in [1.82, 2.24) is 35.1 Å². The van der Waals surface area contributed by atoms with Gasteiger partial charge in [0.1, 0.15) is 72.2 Å². The van der Waals surface area contributed by atoms with Crippen LogP contribution in [0, 0.1) is 0 Å². The molecule has 6 heterocycles. The van der Waals surface area contributed by atoms with Crippen molar-refractivity contribution in [2.75, 3.05) is 49.9 Å². The number of nitrogens with one attached hydrogen (secondary N) is 5. The molecule has 26 heteroatoms. The van der Waals surface area contributed by atoms with Gasteiger partial charge in [-0.2, -0.15) is 0 Å². The standard InChI is InChI=1S/2C28H36N4O6.C19H21N3O3.C2H6/c2*1-17(31(5)27(36)38-28(2,3)4)24(33)30-21-15-16-37-23-14-13-22(32(23)26(21)35)25(34)29-20-12-8-10-18-9-6-7-11-19(18)20;20-14-10-11-25-17-9-8-16(22(17)19(14)24)18(23)21-15-7-3-5-12-4-1-2-6-13(12)15;1-2/h2*6-12,17,21-23H,13-16H2,1-5H3,(H,29,34)(H,30,33);1-7,14,16-17H,8-11,20H2,(H,21,23);1-2H3/t17-,21-,22+,23-;17-,21-,22-,23-;14-,16?,17-;/m000./s1. The summed E-state index contributed by atoms with van der Waals surface area (Å²) in [4.78, 5) is 137. The minimum absolute atomic E-state index is 0.190. The molecule has 7 N–H and O–H groups in total. The molecule has 0 aromatic heterocycles. The van der Waals surface area contributed by atoms with Crippen molar-refractivity contribution in [3.05, 3.63) is 127 Å². The van der Waals surface area contributed by atoms with Crippen LogP contribution in [0.4, 0.5) is 26.7 Å². The van der Waals surface area contributed by atoms with Crippen molar-refractivity contribution in [2.45, 2.75) is 205 Å². The minimum atomic E-state index is -0.882. The van der Waals surface area contributed by atoms with Crippen molar-refractivity contribution in [1.29, 1.82) is 0 Å². The van der Waals surface area contributed by atoms with Gasteiger partial charge in [-0.25, -0.2) is 9.59 Å². The van der Waals surface area contributed by atoms with Crippen LogP contribution in [0.15, 0.2) is 127 Å². The van der Waals surface area contributed by atoms with Crippen molar-refractivity contribution in [3.63, 3.8) is 0 Å². The van der Waals surface area contributed by atoms with Gasteiger partial charge in [-0.1, -0.05) is 123 Å². The van der Waals surface area contributed by atoms with E-state index in [1.807, 2.05) is 141 Å². The molecule has 0 radical (unpaired) electrons. The van der Waals surface area contributed by atoms with E-state index in [4.69, 9.17) is 29.4 Å². The molecule has 6 fully saturated rings. The number of likely N-dealkylation sites (N-methyl/N-ethyl adjacent to an activating group) is 2. The zero-order valence-electron chi connectivity index (χ0n) is 60.9. The number of hydrogen-bond acceptors (Lipinski definition) is 16. The van der Waals surface area contributed by atoms with Gasteiger partial charge in [-0.3, -0.25) is 48.2 Å². The molecule has 6 aliphatic heterocycles. The van der Waals surface area contributed by atoms with E-state index in [-0.39, 0.29) is 67.7 Å². The van der Waals surface area contributed by atoms with Gasteiger partial charge in [0.25, 0.3) is 0 Å². The van der Waals surface area contributed by atoms with E-state index in [2.05, 4.69) is 26.6 Å². The number of anilines is 3. The summed E-state index contributed by atoms with van der Waals surface area (Å²) in [6, 6.07) is 34.4. The monoisotopic (exact) mass is 1420 g/mol. The Morgan fingerprint density at radius 2 is 0.728 bits per heavy atom. The van der Waals surface area contributed by atoms with E-state index in [0.29, 0.717) is 62.9 Å². The van der Waals surface area contributed by atoms with Gasteiger partial charge in [-0.05, 0) is 135 Å². The molecule has 0 bridgehead atoms. The number of benzene rings is 6. The molecule has 11 atom stereocenters. The van der Waals surface area contributed by atoms with Crippen molar-refractivity contribution in [3.8, 4) is 0 Å². The van der Waals surface area contributed by atoms with Gasteiger partial charge in [0.2, 0.25) is 47.3 Å². The molecule has 6 aromatic carbocycles. The molecule has 1 unspecified atom stereocenters. The summed E-state index contributed by atoms with van der Waals surface area (Å²) < 4.78 is 28.2. The largest absolute Gasteiger partial charge is 0.444 e. The number of ether oxygens (including phenoxy) is 5. The molecule has 0 spiro atoms. The SMILES string of the molecule is CC.C[C@@H](C(=O)N[C@H]1CCO[C@H]2CC[C@@H](C(=O)Nc3cccc4ccccc34)N2C1=O)N(C)C(=O)OC(C)(C)C.C[C@@H](C(=O)N[C@H]1CCO[C@H]2CC[C@H](C(=O)Nc3cccc4ccccc34)N2C1=O)N(C)C(=O)OC(C)(C)C.N[C@H]1CCO[C@H]2CCC(C(=O)Nc3cccc4ccccc34)N2C1=O. The molecule has 10 amide bonds. The van der Waals surface area contributed by atoms with Crippen LogP contribution < -0.4 is 32.3 Å². The van der Waals surface area contributed by atoms with Crippen LogP contribution in [-0.4, -0.2) is 196 Å². The van der Waals surface area contributed by atoms with Crippen LogP contribution in [0.5, 0.6) is 0 Å². The minimum Gasteiger partial charge on any atom is -0.444 e. The van der Waals surface area contributed by atoms with Crippen molar-refractivity contribution in [2.24, 2.45) is 5.73 Å². The molecule has 12 rings (SSSR count). The Balaban J connectivity index is 0.000000181. The Bertz CT molecular complexity index is 3880. The van der Waals surface area contributed by atoms with E-state index < -0.39 is 96.0 Å². The summed E-state index contributed by atoms with van der Waals surface area (Å²) in [6.45, 7) is 18.6. The van der Waals surface area contributed by atoms with Gasteiger partial charge >= 0.3 is 12.2 Å². The Labute approximate surface area is 601 Å². The topological polar surface area (TPSA) is 319 Å². The fraction of sp³-hybridized carbons (Fsp3) is 0.481. The molecule has 26 nitrogen and oxygen atoms in total. The van der Waals surface area contributed by atoms with Crippen LogP contribution >= 0.6 is 0 Å². The summed E-state index contributed by atoms with van der Waals surface area (Å²) in [6.07, 6.45) is 1.52.